The van der Waals surface area contributed by atoms with Crippen molar-refractivity contribution < 1.29 is 4.74 Å². The molecule has 32 heavy (non-hydrogen) atoms. The van der Waals surface area contributed by atoms with Crippen LogP contribution in [0, 0.1) is 0 Å². The standard InChI is InChI=1S/C24H30N6O.HI/c1-25-24(26-18-20-6-3-4-7-21(20)19-30-13-5-12-27-30)29-16-14-28(15-17-29)22-8-10-23(31-2)11-9-22;/h3-13H,14-19H2,1-2H3,(H,25,26);1H. The lowest BCUT2D eigenvalue weighted by Crippen LogP contribution is -2.52. The van der Waals surface area contributed by atoms with Crippen LogP contribution in [0.15, 0.2) is 72.0 Å². The third-order valence-corrected chi connectivity index (χ3v) is 5.68. The first-order chi connectivity index (χ1) is 15.3. The van der Waals surface area contributed by atoms with Gasteiger partial charge >= 0.3 is 0 Å². The summed E-state index contributed by atoms with van der Waals surface area (Å²) in [5.41, 5.74) is 3.76. The van der Waals surface area contributed by atoms with Crippen LogP contribution in [-0.2, 0) is 13.1 Å². The second-order valence-electron chi connectivity index (χ2n) is 7.55. The summed E-state index contributed by atoms with van der Waals surface area (Å²) >= 11 is 0. The van der Waals surface area contributed by atoms with Gasteiger partial charge in [-0.05, 0) is 41.5 Å². The van der Waals surface area contributed by atoms with E-state index in [1.165, 1.54) is 16.8 Å². The van der Waals surface area contributed by atoms with E-state index in [1.807, 2.05) is 42.3 Å². The number of methoxy groups -OCH3 is 1. The minimum atomic E-state index is 0. The average Bonchev–Trinajstić information content (AvgIpc) is 3.34. The number of anilines is 1. The molecule has 1 fully saturated rings. The van der Waals surface area contributed by atoms with Crippen LogP contribution < -0.4 is 15.0 Å². The molecule has 7 nitrogen and oxygen atoms in total. The first kappa shape index (κ1) is 23.9. The summed E-state index contributed by atoms with van der Waals surface area (Å²) in [7, 11) is 3.55. The molecule has 0 aliphatic carbocycles. The zero-order valence-electron chi connectivity index (χ0n) is 18.6. The molecule has 1 aliphatic rings. The van der Waals surface area contributed by atoms with E-state index < -0.39 is 0 Å². The number of aliphatic imine (C=N–C) groups is 1. The zero-order valence-corrected chi connectivity index (χ0v) is 21.0. The maximum Gasteiger partial charge on any atom is 0.194 e. The molecule has 0 saturated carbocycles. The van der Waals surface area contributed by atoms with Gasteiger partial charge in [-0.15, -0.1) is 24.0 Å². The van der Waals surface area contributed by atoms with Gasteiger partial charge in [-0.2, -0.15) is 5.10 Å². The van der Waals surface area contributed by atoms with E-state index in [-0.39, 0.29) is 24.0 Å². The highest BCUT2D eigenvalue weighted by molar-refractivity contribution is 14.0. The summed E-state index contributed by atoms with van der Waals surface area (Å²) in [4.78, 5) is 9.27. The minimum absolute atomic E-state index is 0. The van der Waals surface area contributed by atoms with Crippen molar-refractivity contribution in [3.8, 4) is 5.75 Å². The van der Waals surface area contributed by atoms with Gasteiger partial charge in [-0.1, -0.05) is 24.3 Å². The molecule has 0 bridgehead atoms. The molecule has 0 spiro atoms. The molecular formula is C24H31IN6O. The van der Waals surface area contributed by atoms with Gasteiger partial charge in [0.2, 0.25) is 0 Å². The molecule has 0 unspecified atom stereocenters. The van der Waals surface area contributed by atoms with Gasteiger partial charge in [0.05, 0.1) is 13.7 Å². The summed E-state index contributed by atoms with van der Waals surface area (Å²) < 4.78 is 7.22. The number of nitrogens with one attached hydrogen (secondary N) is 1. The van der Waals surface area contributed by atoms with Gasteiger partial charge in [0.25, 0.3) is 0 Å². The Balaban J connectivity index is 0.00000289. The summed E-state index contributed by atoms with van der Waals surface area (Å²) in [6, 6.07) is 18.7. The smallest absolute Gasteiger partial charge is 0.194 e. The van der Waals surface area contributed by atoms with E-state index in [4.69, 9.17) is 4.74 Å². The van der Waals surface area contributed by atoms with Crippen LogP contribution in [0.4, 0.5) is 5.69 Å². The maximum absolute atomic E-state index is 5.26. The Hall–Kier alpha value is -2.75. The third-order valence-electron chi connectivity index (χ3n) is 5.68. The molecule has 170 valence electrons. The van der Waals surface area contributed by atoms with Crippen LogP contribution >= 0.6 is 24.0 Å². The lowest BCUT2D eigenvalue weighted by Gasteiger charge is -2.37. The monoisotopic (exact) mass is 546 g/mol. The van der Waals surface area contributed by atoms with E-state index in [1.54, 1.807) is 7.11 Å². The predicted molar refractivity (Wildman–Crippen MR) is 140 cm³/mol. The number of benzene rings is 2. The Labute approximate surface area is 207 Å². The number of hydrogen-bond donors (Lipinski definition) is 1. The number of rotatable bonds is 6. The molecule has 0 atom stereocenters. The summed E-state index contributed by atoms with van der Waals surface area (Å²) in [5, 5.41) is 7.89. The Morgan fingerprint density at radius 1 is 1.00 bits per heavy atom. The van der Waals surface area contributed by atoms with E-state index in [9.17, 15) is 0 Å². The molecule has 1 saturated heterocycles. The maximum atomic E-state index is 5.26. The summed E-state index contributed by atoms with van der Waals surface area (Å²) in [6.07, 6.45) is 3.81. The normalized spacial score (nSPS) is 14.1. The first-order valence-corrected chi connectivity index (χ1v) is 10.7. The van der Waals surface area contributed by atoms with Gasteiger partial charge in [0.1, 0.15) is 5.75 Å². The number of guanidine groups is 1. The molecule has 1 N–H and O–H groups in total. The van der Waals surface area contributed by atoms with Gasteiger partial charge in [0, 0.05) is 57.9 Å². The van der Waals surface area contributed by atoms with Crippen molar-refractivity contribution in [2.24, 2.45) is 4.99 Å². The van der Waals surface area contributed by atoms with E-state index >= 15 is 0 Å². The summed E-state index contributed by atoms with van der Waals surface area (Å²) in [6.45, 7) is 5.29. The Kier molecular flexibility index (Phi) is 8.78. The number of ether oxygens (including phenoxy) is 1. The number of halogens is 1. The van der Waals surface area contributed by atoms with Crippen molar-refractivity contribution >= 4 is 35.6 Å². The first-order valence-electron chi connectivity index (χ1n) is 10.7. The lowest BCUT2D eigenvalue weighted by atomic mass is 10.1. The van der Waals surface area contributed by atoms with Gasteiger partial charge < -0.3 is 19.9 Å². The van der Waals surface area contributed by atoms with Gasteiger partial charge in [-0.3, -0.25) is 9.67 Å². The SMILES string of the molecule is CN=C(NCc1ccccc1Cn1cccn1)N1CCN(c2ccc(OC)cc2)CC1.I. The number of nitrogens with zero attached hydrogens (tertiary/aromatic N) is 5. The van der Waals surface area contributed by atoms with Crippen LogP contribution in [0.2, 0.25) is 0 Å². The lowest BCUT2D eigenvalue weighted by molar-refractivity contribution is 0.372. The molecule has 2 aromatic carbocycles. The van der Waals surface area contributed by atoms with Crippen molar-refractivity contribution in [2.75, 3.05) is 45.2 Å². The molecule has 1 aromatic heterocycles. The fourth-order valence-corrected chi connectivity index (χ4v) is 3.93. The summed E-state index contributed by atoms with van der Waals surface area (Å²) in [5.74, 6) is 1.84. The second-order valence-corrected chi connectivity index (χ2v) is 7.55. The van der Waals surface area contributed by atoms with Crippen molar-refractivity contribution in [2.45, 2.75) is 13.1 Å². The van der Waals surface area contributed by atoms with E-state index in [2.05, 4.69) is 61.6 Å². The molecule has 4 rings (SSSR count). The molecule has 8 heteroatoms. The highest BCUT2D eigenvalue weighted by atomic mass is 127. The van der Waals surface area contributed by atoms with Crippen LogP contribution in [0.3, 0.4) is 0 Å². The van der Waals surface area contributed by atoms with Gasteiger partial charge in [0.15, 0.2) is 5.96 Å². The fourth-order valence-electron chi connectivity index (χ4n) is 3.93. The van der Waals surface area contributed by atoms with Crippen LogP contribution in [0.5, 0.6) is 5.75 Å². The van der Waals surface area contributed by atoms with Crippen LogP contribution in [0.1, 0.15) is 11.1 Å². The molecular weight excluding hydrogens is 515 g/mol. The fraction of sp³-hybridized carbons (Fsp3) is 0.333. The largest absolute Gasteiger partial charge is 0.497 e. The molecule has 0 radical (unpaired) electrons. The highest BCUT2D eigenvalue weighted by Crippen LogP contribution is 2.20. The Morgan fingerprint density at radius 3 is 2.34 bits per heavy atom. The van der Waals surface area contributed by atoms with Crippen molar-refractivity contribution in [3.63, 3.8) is 0 Å². The predicted octanol–water partition coefficient (Wildman–Crippen LogP) is 3.46. The Bertz CT molecular complexity index is 982. The van der Waals surface area contributed by atoms with Crippen molar-refractivity contribution in [3.05, 3.63) is 78.1 Å². The molecule has 1 aliphatic heterocycles. The highest BCUT2D eigenvalue weighted by Gasteiger charge is 2.20. The number of aromatic nitrogens is 2. The minimum Gasteiger partial charge on any atom is -0.497 e. The molecule has 0 amide bonds. The number of piperazine rings is 1. The van der Waals surface area contributed by atoms with E-state index in [0.29, 0.717) is 0 Å². The van der Waals surface area contributed by atoms with Gasteiger partial charge in [-0.25, -0.2) is 0 Å². The molecule has 2 heterocycles. The second kappa shape index (κ2) is 11.8. The van der Waals surface area contributed by atoms with Crippen LogP contribution in [0.25, 0.3) is 0 Å². The quantitative estimate of drug-likeness (QED) is 0.292. The molecule has 3 aromatic rings. The Morgan fingerprint density at radius 2 is 1.72 bits per heavy atom. The average molecular weight is 546 g/mol. The zero-order chi connectivity index (χ0) is 21.5. The van der Waals surface area contributed by atoms with E-state index in [0.717, 1.165) is 51.0 Å². The van der Waals surface area contributed by atoms with Crippen molar-refractivity contribution in [1.29, 1.82) is 0 Å². The van der Waals surface area contributed by atoms with Crippen molar-refractivity contribution in [1.82, 2.24) is 20.0 Å². The topological polar surface area (TPSA) is 57.9 Å². The number of hydrogen-bond acceptors (Lipinski definition) is 4. The van der Waals surface area contributed by atoms with Crippen LogP contribution in [-0.4, -0.2) is 61.0 Å². The third kappa shape index (κ3) is 5.93.